The van der Waals surface area contributed by atoms with Crippen molar-refractivity contribution in [1.82, 2.24) is 4.90 Å². The Hall–Kier alpha value is -1.35. The summed E-state index contributed by atoms with van der Waals surface area (Å²) in [5.41, 5.74) is 7.38. The number of hydrogen-bond donors (Lipinski definition) is 1. The number of rotatable bonds is 4. The lowest BCUT2D eigenvalue weighted by Crippen LogP contribution is -2.36. The van der Waals surface area contributed by atoms with E-state index in [2.05, 4.69) is 0 Å². The second kappa shape index (κ2) is 5.66. The molecule has 88 valence electrons. The largest absolute Gasteiger partial charge is 0.339 e. The lowest BCUT2D eigenvalue weighted by atomic mass is 10.1. The van der Waals surface area contributed by atoms with E-state index in [1.54, 1.807) is 4.90 Å². The van der Waals surface area contributed by atoms with E-state index in [-0.39, 0.29) is 11.9 Å². The van der Waals surface area contributed by atoms with Crippen LogP contribution in [-0.4, -0.2) is 30.4 Å². The van der Waals surface area contributed by atoms with Crippen LogP contribution in [0, 0.1) is 6.92 Å². The molecule has 0 aliphatic heterocycles. The molecule has 1 aromatic rings. The van der Waals surface area contributed by atoms with E-state index in [0.29, 0.717) is 6.54 Å². The van der Waals surface area contributed by atoms with Crippen LogP contribution in [0.15, 0.2) is 24.3 Å². The summed E-state index contributed by atoms with van der Waals surface area (Å²) in [5.74, 6) is 0.0564. The van der Waals surface area contributed by atoms with Crippen molar-refractivity contribution in [2.24, 2.45) is 5.73 Å². The minimum atomic E-state index is 0.0564. The maximum Gasteiger partial charge on any atom is 0.253 e. The molecule has 3 heteroatoms. The van der Waals surface area contributed by atoms with Crippen LogP contribution in [0.4, 0.5) is 0 Å². The third-order valence-corrected chi connectivity index (χ3v) is 2.86. The van der Waals surface area contributed by atoms with Gasteiger partial charge in [0.2, 0.25) is 0 Å². The van der Waals surface area contributed by atoms with Crippen LogP contribution >= 0.6 is 0 Å². The molecule has 0 saturated carbocycles. The normalized spacial score (nSPS) is 12.2. The average Bonchev–Trinajstić information content (AvgIpc) is 2.28. The Bertz CT molecular complexity index is 345. The molecule has 1 atom stereocenters. The van der Waals surface area contributed by atoms with E-state index in [0.717, 1.165) is 17.5 Å². The summed E-state index contributed by atoms with van der Waals surface area (Å²) in [4.78, 5) is 13.8. The smallest absolute Gasteiger partial charge is 0.253 e. The second-order valence-electron chi connectivity index (χ2n) is 4.21. The third kappa shape index (κ3) is 3.07. The van der Waals surface area contributed by atoms with Gasteiger partial charge in [0, 0.05) is 18.7 Å². The van der Waals surface area contributed by atoms with Gasteiger partial charge in [0.15, 0.2) is 0 Å². The number of nitrogens with zero attached hydrogens (tertiary/aromatic N) is 1. The van der Waals surface area contributed by atoms with Gasteiger partial charge in [0.1, 0.15) is 0 Å². The maximum absolute atomic E-state index is 12.1. The number of carbonyl (C=O) groups excluding carboxylic acids is 1. The van der Waals surface area contributed by atoms with Gasteiger partial charge >= 0.3 is 0 Å². The molecule has 3 nitrogen and oxygen atoms in total. The highest BCUT2D eigenvalue weighted by molar-refractivity contribution is 5.94. The molecular weight excluding hydrogens is 200 g/mol. The zero-order valence-corrected chi connectivity index (χ0v) is 10.2. The molecule has 0 aromatic heterocycles. The molecular formula is C13H20N2O. The fourth-order valence-corrected chi connectivity index (χ4v) is 1.53. The Morgan fingerprint density at radius 1 is 1.38 bits per heavy atom. The zero-order chi connectivity index (χ0) is 12.1. The average molecular weight is 220 g/mol. The highest BCUT2D eigenvalue weighted by Crippen LogP contribution is 2.09. The Morgan fingerprint density at radius 2 is 1.94 bits per heavy atom. The first kappa shape index (κ1) is 12.7. The Kier molecular flexibility index (Phi) is 4.50. The van der Waals surface area contributed by atoms with Crippen molar-refractivity contribution in [3.05, 3.63) is 35.4 Å². The Morgan fingerprint density at radius 3 is 2.44 bits per heavy atom. The second-order valence-corrected chi connectivity index (χ2v) is 4.21. The van der Waals surface area contributed by atoms with Gasteiger partial charge in [-0.05, 0) is 38.9 Å². The standard InChI is InChI=1S/C13H20N2O/c1-10-4-6-12(7-5-10)13(16)15(3)11(2)8-9-14/h4-7,11H,8-9,14H2,1-3H3. The lowest BCUT2D eigenvalue weighted by molar-refractivity contribution is 0.0739. The van der Waals surface area contributed by atoms with Crippen molar-refractivity contribution >= 4 is 5.91 Å². The molecule has 1 aromatic carbocycles. The summed E-state index contributed by atoms with van der Waals surface area (Å²) in [5, 5.41) is 0. The number of nitrogens with two attached hydrogens (primary N) is 1. The first-order chi connectivity index (χ1) is 7.56. The summed E-state index contributed by atoms with van der Waals surface area (Å²) in [6, 6.07) is 7.81. The summed E-state index contributed by atoms with van der Waals surface area (Å²) in [7, 11) is 1.82. The highest BCUT2D eigenvalue weighted by Gasteiger charge is 2.16. The first-order valence-electron chi connectivity index (χ1n) is 5.60. The fourth-order valence-electron chi connectivity index (χ4n) is 1.53. The summed E-state index contributed by atoms with van der Waals surface area (Å²) >= 11 is 0. The molecule has 0 heterocycles. The van der Waals surface area contributed by atoms with E-state index in [1.165, 1.54) is 0 Å². The molecule has 1 amide bonds. The van der Waals surface area contributed by atoms with Gasteiger partial charge in [0.05, 0.1) is 0 Å². The van der Waals surface area contributed by atoms with Crippen LogP contribution < -0.4 is 5.73 Å². The van der Waals surface area contributed by atoms with Crippen molar-refractivity contribution in [2.45, 2.75) is 26.3 Å². The van der Waals surface area contributed by atoms with Crippen LogP contribution in [0.1, 0.15) is 29.3 Å². The molecule has 0 bridgehead atoms. The topological polar surface area (TPSA) is 46.3 Å². The van der Waals surface area contributed by atoms with Gasteiger partial charge in [-0.1, -0.05) is 17.7 Å². The van der Waals surface area contributed by atoms with Crippen LogP contribution in [0.25, 0.3) is 0 Å². The SMILES string of the molecule is Cc1ccc(C(=O)N(C)C(C)CCN)cc1. The third-order valence-electron chi connectivity index (χ3n) is 2.86. The minimum Gasteiger partial charge on any atom is -0.339 e. The van der Waals surface area contributed by atoms with E-state index >= 15 is 0 Å². The summed E-state index contributed by atoms with van der Waals surface area (Å²) in [6.45, 7) is 4.63. The Balaban J connectivity index is 2.73. The summed E-state index contributed by atoms with van der Waals surface area (Å²) in [6.07, 6.45) is 0.827. The molecule has 1 unspecified atom stereocenters. The van der Waals surface area contributed by atoms with Gasteiger partial charge in [-0.3, -0.25) is 4.79 Å². The van der Waals surface area contributed by atoms with Gasteiger partial charge in [0.25, 0.3) is 5.91 Å². The van der Waals surface area contributed by atoms with E-state index in [4.69, 9.17) is 5.73 Å². The zero-order valence-electron chi connectivity index (χ0n) is 10.2. The van der Waals surface area contributed by atoms with Crippen molar-refractivity contribution in [3.8, 4) is 0 Å². The van der Waals surface area contributed by atoms with Crippen LogP contribution in [0.5, 0.6) is 0 Å². The molecule has 16 heavy (non-hydrogen) atoms. The van der Waals surface area contributed by atoms with E-state index in [9.17, 15) is 4.79 Å². The molecule has 0 radical (unpaired) electrons. The van der Waals surface area contributed by atoms with Crippen molar-refractivity contribution < 1.29 is 4.79 Å². The molecule has 0 aliphatic rings. The number of hydrogen-bond acceptors (Lipinski definition) is 2. The molecule has 2 N–H and O–H groups in total. The predicted octanol–water partition coefficient (Wildman–Crippen LogP) is 1.80. The summed E-state index contributed by atoms with van der Waals surface area (Å²) < 4.78 is 0. The quantitative estimate of drug-likeness (QED) is 0.841. The van der Waals surface area contributed by atoms with Crippen LogP contribution in [-0.2, 0) is 0 Å². The van der Waals surface area contributed by atoms with Crippen LogP contribution in [0.3, 0.4) is 0 Å². The monoisotopic (exact) mass is 220 g/mol. The first-order valence-corrected chi connectivity index (χ1v) is 5.60. The number of benzene rings is 1. The van der Waals surface area contributed by atoms with E-state index in [1.807, 2.05) is 45.2 Å². The highest BCUT2D eigenvalue weighted by atomic mass is 16.2. The van der Waals surface area contributed by atoms with Gasteiger partial charge < -0.3 is 10.6 Å². The molecule has 0 spiro atoms. The van der Waals surface area contributed by atoms with Crippen molar-refractivity contribution in [3.63, 3.8) is 0 Å². The van der Waals surface area contributed by atoms with Crippen molar-refractivity contribution in [1.29, 1.82) is 0 Å². The number of carbonyl (C=O) groups is 1. The molecule has 0 fully saturated rings. The van der Waals surface area contributed by atoms with Crippen molar-refractivity contribution in [2.75, 3.05) is 13.6 Å². The van der Waals surface area contributed by atoms with Gasteiger partial charge in [-0.25, -0.2) is 0 Å². The predicted molar refractivity (Wildman–Crippen MR) is 66.4 cm³/mol. The lowest BCUT2D eigenvalue weighted by Gasteiger charge is -2.24. The number of aryl methyl sites for hydroxylation is 1. The molecule has 0 aliphatic carbocycles. The molecule has 1 rings (SSSR count). The van der Waals surface area contributed by atoms with Gasteiger partial charge in [-0.2, -0.15) is 0 Å². The van der Waals surface area contributed by atoms with Gasteiger partial charge in [-0.15, -0.1) is 0 Å². The van der Waals surface area contributed by atoms with E-state index < -0.39 is 0 Å². The minimum absolute atomic E-state index is 0.0564. The fraction of sp³-hybridized carbons (Fsp3) is 0.462. The Labute approximate surface area is 97.2 Å². The van der Waals surface area contributed by atoms with Crippen LogP contribution in [0.2, 0.25) is 0 Å². The molecule has 0 saturated heterocycles. The maximum atomic E-state index is 12.1. The number of amides is 1.